The lowest BCUT2D eigenvalue weighted by Crippen LogP contribution is -2.52. The van der Waals surface area contributed by atoms with Crippen LogP contribution < -0.4 is 15.0 Å². The summed E-state index contributed by atoms with van der Waals surface area (Å²) in [6, 6.07) is 4.22. The first-order chi connectivity index (χ1) is 13.0. The summed E-state index contributed by atoms with van der Waals surface area (Å²) >= 11 is 0. The molecule has 0 aromatic heterocycles. The molecule has 0 radical (unpaired) electrons. The smallest absolute Gasteiger partial charge is 0.265 e. The Hall–Kier alpha value is -2.45. The van der Waals surface area contributed by atoms with Gasteiger partial charge in [-0.1, -0.05) is 0 Å². The molecule has 0 bridgehead atoms. The van der Waals surface area contributed by atoms with Gasteiger partial charge in [0.05, 0.1) is 18.9 Å². The highest BCUT2D eigenvalue weighted by Crippen LogP contribution is 2.34. The number of anilines is 1. The Bertz CT molecular complexity index is 730. The van der Waals surface area contributed by atoms with Crippen LogP contribution in [0.3, 0.4) is 0 Å². The average Bonchev–Trinajstić information content (AvgIpc) is 2.67. The molecular weight excluding hydrogens is 350 g/mol. The Labute approximate surface area is 158 Å². The van der Waals surface area contributed by atoms with Gasteiger partial charge in [0.15, 0.2) is 12.4 Å². The molecule has 0 aliphatic carbocycles. The number of carbonyl (C=O) groups excluding carboxylic acids is 3. The summed E-state index contributed by atoms with van der Waals surface area (Å²) in [6.45, 7) is 7.38. The number of amides is 2. The van der Waals surface area contributed by atoms with Gasteiger partial charge in [0.25, 0.3) is 5.91 Å². The number of ketones is 1. The van der Waals surface area contributed by atoms with Crippen LogP contribution in [0.2, 0.25) is 0 Å². The third kappa shape index (κ3) is 4.45. The quantitative estimate of drug-likeness (QED) is 0.727. The Balaban J connectivity index is 1.67. The molecular formula is C19H25N3O5. The predicted octanol–water partition coefficient (Wildman–Crippen LogP) is 0.452. The van der Waals surface area contributed by atoms with Crippen molar-refractivity contribution in [1.82, 2.24) is 10.2 Å². The summed E-state index contributed by atoms with van der Waals surface area (Å²) in [4.78, 5) is 40.3. The maximum atomic E-state index is 12.6. The second-order valence-electron chi connectivity index (χ2n) is 6.71. The monoisotopic (exact) mass is 375 g/mol. The van der Waals surface area contributed by atoms with Crippen molar-refractivity contribution >= 4 is 23.3 Å². The van der Waals surface area contributed by atoms with Crippen molar-refractivity contribution in [1.29, 1.82) is 0 Å². The van der Waals surface area contributed by atoms with Crippen LogP contribution >= 0.6 is 0 Å². The minimum Gasteiger partial charge on any atom is -0.482 e. The molecule has 146 valence electrons. The highest BCUT2D eigenvalue weighted by atomic mass is 16.5. The van der Waals surface area contributed by atoms with Gasteiger partial charge in [-0.15, -0.1) is 0 Å². The van der Waals surface area contributed by atoms with Gasteiger partial charge in [-0.05, 0) is 32.0 Å². The van der Waals surface area contributed by atoms with Crippen LogP contribution in [-0.4, -0.2) is 74.5 Å². The van der Waals surface area contributed by atoms with Gasteiger partial charge in [-0.3, -0.25) is 24.2 Å². The highest BCUT2D eigenvalue weighted by Gasteiger charge is 2.33. The molecule has 1 N–H and O–H groups in total. The molecule has 2 amide bonds. The number of rotatable bonds is 6. The van der Waals surface area contributed by atoms with Crippen molar-refractivity contribution in [3.63, 3.8) is 0 Å². The lowest BCUT2D eigenvalue weighted by molar-refractivity contribution is -0.127. The van der Waals surface area contributed by atoms with Crippen LogP contribution in [0.4, 0.5) is 5.69 Å². The molecule has 2 aliphatic rings. The average molecular weight is 375 g/mol. The van der Waals surface area contributed by atoms with E-state index in [0.29, 0.717) is 36.8 Å². The van der Waals surface area contributed by atoms with E-state index in [-0.39, 0.29) is 24.2 Å². The van der Waals surface area contributed by atoms with Crippen molar-refractivity contribution in [2.75, 3.05) is 50.9 Å². The third-order valence-corrected chi connectivity index (χ3v) is 4.84. The summed E-state index contributed by atoms with van der Waals surface area (Å²) in [5.41, 5.74) is 0.923. The first kappa shape index (κ1) is 19.3. The number of benzene rings is 1. The van der Waals surface area contributed by atoms with Crippen molar-refractivity contribution in [3.8, 4) is 5.75 Å². The first-order valence-electron chi connectivity index (χ1n) is 9.15. The van der Waals surface area contributed by atoms with Crippen LogP contribution in [0.5, 0.6) is 5.75 Å². The normalized spacial score (nSPS) is 18.4. The second-order valence-corrected chi connectivity index (χ2v) is 6.71. The predicted molar refractivity (Wildman–Crippen MR) is 99.2 cm³/mol. The summed E-state index contributed by atoms with van der Waals surface area (Å²) < 4.78 is 10.7. The zero-order valence-corrected chi connectivity index (χ0v) is 15.7. The SMILES string of the molecule is CC(=O)c1ccc2c(c1)N(C(C)C(=O)NCCN1CCOCC1)C(=O)CO2. The van der Waals surface area contributed by atoms with E-state index >= 15 is 0 Å². The molecule has 1 atom stereocenters. The molecule has 8 heteroatoms. The summed E-state index contributed by atoms with van der Waals surface area (Å²) in [6.07, 6.45) is 0. The van der Waals surface area contributed by atoms with Gasteiger partial charge >= 0.3 is 0 Å². The molecule has 27 heavy (non-hydrogen) atoms. The van der Waals surface area contributed by atoms with E-state index in [9.17, 15) is 14.4 Å². The first-order valence-corrected chi connectivity index (χ1v) is 9.15. The van der Waals surface area contributed by atoms with E-state index < -0.39 is 6.04 Å². The Morgan fingerprint density at radius 1 is 1.26 bits per heavy atom. The topological polar surface area (TPSA) is 88.2 Å². The highest BCUT2D eigenvalue weighted by molar-refractivity contribution is 6.05. The zero-order chi connectivity index (χ0) is 19.4. The van der Waals surface area contributed by atoms with Crippen molar-refractivity contribution < 1.29 is 23.9 Å². The fourth-order valence-electron chi connectivity index (χ4n) is 3.24. The van der Waals surface area contributed by atoms with Gasteiger partial charge in [0.2, 0.25) is 5.91 Å². The number of fused-ring (bicyclic) bond motifs is 1. The molecule has 1 saturated heterocycles. The van der Waals surface area contributed by atoms with Crippen LogP contribution in [0.15, 0.2) is 18.2 Å². The Kier molecular flexibility index (Phi) is 6.08. The number of ether oxygens (including phenoxy) is 2. The van der Waals surface area contributed by atoms with Gasteiger partial charge in [-0.2, -0.15) is 0 Å². The number of nitrogens with one attached hydrogen (secondary N) is 1. The minimum absolute atomic E-state index is 0.113. The fraction of sp³-hybridized carbons (Fsp3) is 0.526. The molecule has 2 heterocycles. The molecule has 1 aromatic rings. The largest absolute Gasteiger partial charge is 0.482 e. The van der Waals surface area contributed by atoms with Crippen LogP contribution in [-0.2, 0) is 14.3 Å². The van der Waals surface area contributed by atoms with E-state index in [1.165, 1.54) is 11.8 Å². The number of hydrogen-bond acceptors (Lipinski definition) is 6. The molecule has 2 aliphatic heterocycles. The maximum absolute atomic E-state index is 12.6. The third-order valence-electron chi connectivity index (χ3n) is 4.84. The van der Waals surface area contributed by atoms with Crippen molar-refractivity contribution in [2.45, 2.75) is 19.9 Å². The van der Waals surface area contributed by atoms with Gasteiger partial charge in [0, 0.05) is 31.7 Å². The fourth-order valence-corrected chi connectivity index (χ4v) is 3.24. The second kappa shape index (κ2) is 8.49. The van der Waals surface area contributed by atoms with Crippen LogP contribution in [0, 0.1) is 0 Å². The van der Waals surface area contributed by atoms with Crippen LogP contribution in [0.25, 0.3) is 0 Å². The lowest BCUT2D eigenvalue weighted by Gasteiger charge is -2.33. The minimum atomic E-state index is -0.702. The number of nitrogens with zero attached hydrogens (tertiary/aromatic N) is 2. The summed E-state index contributed by atoms with van der Waals surface area (Å²) in [7, 11) is 0. The summed E-state index contributed by atoms with van der Waals surface area (Å²) in [5.74, 6) is -0.164. The Morgan fingerprint density at radius 3 is 2.70 bits per heavy atom. The van der Waals surface area contributed by atoms with Gasteiger partial charge in [-0.25, -0.2) is 0 Å². The molecule has 1 unspecified atom stereocenters. The van der Waals surface area contributed by atoms with Crippen molar-refractivity contribution in [3.05, 3.63) is 23.8 Å². The molecule has 0 spiro atoms. The van der Waals surface area contributed by atoms with E-state index in [0.717, 1.165) is 19.6 Å². The standard InChI is InChI=1S/C19H25N3O5/c1-13(19(25)20-5-6-21-7-9-26-10-8-21)22-16-11-15(14(2)23)3-4-17(16)27-12-18(22)24/h3-4,11,13H,5-10,12H2,1-2H3,(H,20,25). The number of hydrogen-bond donors (Lipinski definition) is 1. The van der Waals surface area contributed by atoms with Gasteiger partial charge < -0.3 is 14.8 Å². The molecule has 1 aromatic carbocycles. The molecule has 8 nitrogen and oxygen atoms in total. The van der Waals surface area contributed by atoms with E-state index in [1.54, 1.807) is 25.1 Å². The number of carbonyl (C=O) groups is 3. The number of Topliss-reactive ketones (excluding diaryl/α,β-unsaturated/α-hetero) is 1. The summed E-state index contributed by atoms with van der Waals surface area (Å²) in [5, 5.41) is 2.89. The van der Waals surface area contributed by atoms with Crippen molar-refractivity contribution in [2.24, 2.45) is 0 Å². The van der Waals surface area contributed by atoms with Crippen LogP contribution in [0.1, 0.15) is 24.2 Å². The zero-order valence-electron chi connectivity index (χ0n) is 15.7. The van der Waals surface area contributed by atoms with E-state index in [2.05, 4.69) is 10.2 Å². The van der Waals surface area contributed by atoms with E-state index in [4.69, 9.17) is 9.47 Å². The molecule has 1 fully saturated rings. The van der Waals surface area contributed by atoms with E-state index in [1.807, 2.05) is 0 Å². The number of morpholine rings is 1. The lowest BCUT2D eigenvalue weighted by atomic mass is 10.1. The molecule has 0 saturated carbocycles. The maximum Gasteiger partial charge on any atom is 0.265 e. The molecule has 3 rings (SSSR count). The van der Waals surface area contributed by atoms with Gasteiger partial charge in [0.1, 0.15) is 11.8 Å². The Morgan fingerprint density at radius 2 is 2.00 bits per heavy atom.